The summed E-state index contributed by atoms with van der Waals surface area (Å²) in [6, 6.07) is 0. The Kier molecular flexibility index (Phi) is 3.73. The molecule has 1 saturated carbocycles. The predicted octanol–water partition coefficient (Wildman–Crippen LogP) is 3.80. The van der Waals surface area contributed by atoms with Gasteiger partial charge in [0.2, 0.25) is 11.1 Å². The molecule has 1 aliphatic carbocycles. The van der Waals surface area contributed by atoms with Gasteiger partial charge in [0.1, 0.15) is 0 Å². The summed E-state index contributed by atoms with van der Waals surface area (Å²) >= 11 is 1.33. The van der Waals surface area contributed by atoms with Crippen LogP contribution in [0.3, 0.4) is 0 Å². The number of halogens is 2. The van der Waals surface area contributed by atoms with Gasteiger partial charge in [-0.2, -0.15) is 4.36 Å². The maximum absolute atomic E-state index is 13.0. The van der Waals surface area contributed by atoms with Crippen LogP contribution in [-0.2, 0) is 9.73 Å². The first kappa shape index (κ1) is 13.9. The van der Waals surface area contributed by atoms with Crippen molar-refractivity contribution in [1.29, 1.82) is 0 Å². The fraction of sp³-hybridized carbons (Fsp3) is 0.727. The lowest BCUT2D eigenvalue weighted by atomic mass is 9.85. The second kappa shape index (κ2) is 4.85. The lowest BCUT2D eigenvalue weighted by Gasteiger charge is -2.26. The molecule has 7 heteroatoms. The number of rotatable bonds is 2. The molecule has 0 bridgehead atoms. The molecule has 0 spiro atoms. The Morgan fingerprint density at radius 1 is 1.44 bits per heavy atom. The van der Waals surface area contributed by atoms with Crippen molar-refractivity contribution in [1.82, 2.24) is 4.98 Å². The first-order valence-electron chi connectivity index (χ1n) is 5.76. The van der Waals surface area contributed by atoms with Gasteiger partial charge >= 0.3 is 0 Å². The van der Waals surface area contributed by atoms with Crippen LogP contribution in [0.15, 0.2) is 9.74 Å². The average Bonchev–Trinajstić information content (AvgIpc) is 2.63. The van der Waals surface area contributed by atoms with Crippen LogP contribution in [0.1, 0.15) is 37.3 Å². The van der Waals surface area contributed by atoms with Crippen molar-refractivity contribution in [2.24, 2.45) is 4.36 Å². The minimum Gasteiger partial charge on any atom is -0.250 e. The van der Waals surface area contributed by atoms with Crippen LogP contribution < -0.4 is 0 Å². The highest BCUT2D eigenvalue weighted by Crippen LogP contribution is 2.41. The summed E-state index contributed by atoms with van der Waals surface area (Å²) < 4.78 is 41.6. The minimum atomic E-state index is -2.51. The number of alkyl halides is 2. The first-order chi connectivity index (χ1) is 8.25. The van der Waals surface area contributed by atoms with E-state index in [1.807, 2.05) is 5.38 Å². The van der Waals surface area contributed by atoms with Gasteiger partial charge in [0, 0.05) is 46.4 Å². The zero-order chi connectivity index (χ0) is 13.4. The summed E-state index contributed by atoms with van der Waals surface area (Å²) in [5.41, 5.74) is 0.818. The molecule has 0 saturated heterocycles. The van der Waals surface area contributed by atoms with E-state index in [1.165, 1.54) is 11.3 Å². The molecule has 1 fully saturated rings. The predicted molar refractivity (Wildman–Crippen MR) is 70.3 cm³/mol. The number of hydrogen-bond acceptors (Lipinski definition) is 4. The molecule has 0 aliphatic heterocycles. The van der Waals surface area contributed by atoms with E-state index in [9.17, 15) is 13.0 Å². The maximum Gasteiger partial charge on any atom is 0.248 e. The highest BCUT2D eigenvalue weighted by atomic mass is 32.2. The smallest absolute Gasteiger partial charge is 0.248 e. The Labute approximate surface area is 110 Å². The normalized spacial score (nSPS) is 20.9. The average molecular weight is 294 g/mol. The van der Waals surface area contributed by atoms with E-state index in [4.69, 9.17) is 0 Å². The van der Waals surface area contributed by atoms with Crippen LogP contribution in [0.2, 0.25) is 0 Å². The number of nitrogens with zero attached hydrogens (tertiary/aromatic N) is 2. The van der Waals surface area contributed by atoms with Gasteiger partial charge < -0.3 is 0 Å². The highest BCUT2D eigenvalue weighted by molar-refractivity contribution is 7.92. The number of thiazole rings is 1. The molecule has 0 N–H and O–H groups in total. The molecule has 18 heavy (non-hydrogen) atoms. The van der Waals surface area contributed by atoms with Gasteiger partial charge in [-0.05, 0) is 12.8 Å². The third-order valence-corrected chi connectivity index (χ3v) is 4.42. The van der Waals surface area contributed by atoms with E-state index in [2.05, 4.69) is 9.35 Å². The lowest BCUT2D eigenvalue weighted by Crippen LogP contribution is -2.23. The van der Waals surface area contributed by atoms with Gasteiger partial charge in [-0.1, -0.05) is 0 Å². The highest BCUT2D eigenvalue weighted by Gasteiger charge is 2.36. The van der Waals surface area contributed by atoms with Gasteiger partial charge in [0.25, 0.3) is 0 Å². The standard InChI is InChI=1S/C11H16F2N2OS2/c1-18(2,16)15-10-14-9(7-17-10)8-3-5-11(12,13)6-4-8/h7-8H,3-6H2,1-2H3. The molecule has 0 radical (unpaired) electrons. The van der Waals surface area contributed by atoms with Gasteiger partial charge in [-0.15, -0.1) is 11.3 Å². The van der Waals surface area contributed by atoms with Crippen LogP contribution in [0.4, 0.5) is 13.9 Å². The molecule has 3 nitrogen and oxygen atoms in total. The van der Waals surface area contributed by atoms with Crippen molar-refractivity contribution < 1.29 is 13.0 Å². The summed E-state index contributed by atoms with van der Waals surface area (Å²) in [4.78, 5) is 4.29. The van der Waals surface area contributed by atoms with E-state index in [0.717, 1.165) is 5.69 Å². The van der Waals surface area contributed by atoms with E-state index < -0.39 is 15.7 Å². The number of hydrogen-bond donors (Lipinski definition) is 0. The van der Waals surface area contributed by atoms with Gasteiger partial charge in [0.05, 0.1) is 5.69 Å². The number of aromatic nitrogens is 1. The molecule has 0 unspecified atom stereocenters. The molecule has 102 valence electrons. The zero-order valence-corrected chi connectivity index (χ0v) is 12.0. The molecule has 0 amide bonds. The van der Waals surface area contributed by atoms with Crippen molar-refractivity contribution in [3.8, 4) is 0 Å². The third kappa shape index (κ3) is 3.71. The van der Waals surface area contributed by atoms with Crippen molar-refractivity contribution in [3.05, 3.63) is 11.1 Å². The Morgan fingerprint density at radius 3 is 2.61 bits per heavy atom. The van der Waals surface area contributed by atoms with E-state index >= 15 is 0 Å². The van der Waals surface area contributed by atoms with Crippen LogP contribution in [-0.4, -0.2) is 27.6 Å². The van der Waals surface area contributed by atoms with E-state index in [0.29, 0.717) is 18.0 Å². The Hall–Kier alpha value is -0.560. The van der Waals surface area contributed by atoms with Crippen LogP contribution >= 0.6 is 11.3 Å². The molecule has 1 heterocycles. The van der Waals surface area contributed by atoms with Crippen LogP contribution in [0.5, 0.6) is 0 Å². The summed E-state index contributed by atoms with van der Waals surface area (Å²) in [5, 5.41) is 2.33. The Bertz CT molecular complexity index is 529. The van der Waals surface area contributed by atoms with E-state index in [-0.39, 0.29) is 18.8 Å². The van der Waals surface area contributed by atoms with E-state index in [1.54, 1.807) is 12.5 Å². The second-order valence-electron chi connectivity index (χ2n) is 4.96. The largest absolute Gasteiger partial charge is 0.250 e. The first-order valence-corrected chi connectivity index (χ1v) is 8.97. The molecule has 0 atom stereocenters. The fourth-order valence-corrected chi connectivity index (χ4v) is 3.79. The van der Waals surface area contributed by atoms with Gasteiger partial charge in [-0.25, -0.2) is 18.0 Å². The quantitative estimate of drug-likeness (QED) is 0.832. The SMILES string of the molecule is CS(C)(=O)=Nc1nc(C2CCC(F)(F)CC2)cs1. The molecule has 0 aromatic carbocycles. The second-order valence-corrected chi connectivity index (χ2v) is 8.34. The van der Waals surface area contributed by atoms with Crippen LogP contribution in [0.25, 0.3) is 0 Å². The van der Waals surface area contributed by atoms with Gasteiger partial charge in [0.15, 0.2) is 0 Å². The molecule has 1 aliphatic rings. The topological polar surface area (TPSA) is 42.3 Å². The van der Waals surface area contributed by atoms with Crippen molar-refractivity contribution in [3.63, 3.8) is 0 Å². The van der Waals surface area contributed by atoms with Crippen molar-refractivity contribution in [2.45, 2.75) is 37.5 Å². The summed E-state index contributed by atoms with van der Waals surface area (Å²) in [6.07, 6.45) is 3.89. The maximum atomic E-state index is 13.0. The molecular weight excluding hydrogens is 278 g/mol. The minimum absolute atomic E-state index is 0.0695. The summed E-state index contributed by atoms with van der Waals surface area (Å²) in [7, 11) is -2.21. The fourth-order valence-electron chi connectivity index (χ4n) is 2.03. The Morgan fingerprint density at radius 2 is 2.06 bits per heavy atom. The van der Waals surface area contributed by atoms with Gasteiger partial charge in [-0.3, -0.25) is 0 Å². The van der Waals surface area contributed by atoms with Crippen LogP contribution in [0, 0.1) is 0 Å². The van der Waals surface area contributed by atoms with Crippen molar-refractivity contribution >= 4 is 26.2 Å². The molecular formula is C11H16F2N2OS2. The summed E-state index contributed by atoms with van der Waals surface area (Å²) in [5.74, 6) is -2.42. The monoisotopic (exact) mass is 294 g/mol. The molecule has 2 rings (SSSR count). The summed E-state index contributed by atoms with van der Waals surface area (Å²) in [6.45, 7) is 0. The third-order valence-electron chi connectivity index (χ3n) is 2.94. The molecule has 1 aromatic rings. The Balaban J connectivity index is 2.10. The lowest BCUT2D eigenvalue weighted by molar-refractivity contribution is -0.0384. The van der Waals surface area contributed by atoms with Crippen molar-refractivity contribution in [2.75, 3.05) is 12.5 Å². The zero-order valence-electron chi connectivity index (χ0n) is 10.4. The molecule has 1 aromatic heterocycles.